The SMILES string of the molecule is CCOc1ccc(N2C(=O)C[C@H]([NH+]3CCC[C@H](C(=O)NN)C3)C2=O)cc1. The number of quaternary nitrogens is 1. The Kier molecular flexibility index (Phi) is 5.53. The molecule has 140 valence electrons. The summed E-state index contributed by atoms with van der Waals surface area (Å²) in [6.45, 7) is 3.74. The lowest BCUT2D eigenvalue weighted by Crippen LogP contribution is -3.18. The fourth-order valence-electron chi connectivity index (χ4n) is 3.83. The van der Waals surface area contributed by atoms with Crippen LogP contribution in [0.25, 0.3) is 0 Å². The third-order valence-electron chi connectivity index (χ3n) is 5.12. The summed E-state index contributed by atoms with van der Waals surface area (Å²) in [7, 11) is 0. The number of nitrogens with two attached hydrogens (primary N) is 1. The van der Waals surface area contributed by atoms with Crippen molar-refractivity contribution in [3.63, 3.8) is 0 Å². The lowest BCUT2D eigenvalue weighted by molar-refractivity contribution is -0.922. The van der Waals surface area contributed by atoms with E-state index in [0.717, 1.165) is 24.3 Å². The van der Waals surface area contributed by atoms with E-state index in [1.807, 2.05) is 6.92 Å². The number of ether oxygens (including phenoxy) is 1. The summed E-state index contributed by atoms with van der Waals surface area (Å²) >= 11 is 0. The molecule has 1 aromatic carbocycles. The molecule has 3 atom stereocenters. The number of nitrogens with one attached hydrogen (secondary N) is 2. The van der Waals surface area contributed by atoms with Crippen LogP contribution >= 0.6 is 0 Å². The summed E-state index contributed by atoms with van der Waals surface area (Å²) in [6.07, 6.45) is 1.75. The molecule has 4 N–H and O–H groups in total. The topological polar surface area (TPSA) is 106 Å². The third-order valence-corrected chi connectivity index (χ3v) is 5.12. The normalized spacial score (nSPS) is 26.1. The maximum atomic E-state index is 12.9. The molecule has 26 heavy (non-hydrogen) atoms. The van der Waals surface area contributed by atoms with Crippen molar-refractivity contribution in [3.05, 3.63) is 24.3 Å². The number of hydrogen-bond donors (Lipinski definition) is 3. The molecule has 2 aliphatic rings. The van der Waals surface area contributed by atoms with Crippen molar-refractivity contribution in [1.82, 2.24) is 5.43 Å². The number of carbonyl (C=O) groups excluding carboxylic acids is 3. The van der Waals surface area contributed by atoms with E-state index in [1.165, 1.54) is 4.90 Å². The minimum absolute atomic E-state index is 0.165. The van der Waals surface area contributed by atoms with Gasteiger partial charge in [0.25, 0.3) is 5.91 Å². The number of amides is 3. The van der Waals surface area contributed by atoms with Gasteiger partial charge in [-0.2, -0.15) is 0 Å². The van der Waals surface area contributed by atoms with Crippen LogP contribution in [0, 0.1) is 5.92 Å². The van der Waals surface area contributed by atoms with Gasteiger partial charge < -0.3 is 9.64 Å². The van der Waals surface area contributed by atoms with Crippen LogP contribution in [-0.4, -0.2) is 43.5 Å². The van der Waals surface area contributed by atoms with Gasteiger partial charge in [0, 0.05) is 0 Å². The number of rotatable bonds is 5. The first-order valence-electron chi connectivity index (χ1n) is 8.99. The Morgan fingerprint density at radius 1 is 1.35 bits per heavy atom. The summed E-state index contributed by atoms with van der Waals surface area (Å²) in [6, 6.07) is 6.51. The minimum Gasteiger partial charge on any atom is -0.494 e. The summed E-state index contributed by atoms with van der Waals surface area (Å²) in [5.41, 5.74) is 2.74. The van der Waals surface area contributed by atoms with Gasteiger partial charge in [0.15, 0.2) is 6.04 Å². The third kappa shape index (κ3) is 3.56. The monoisotopic (exact) mass is 361 g/mol. The van der Waals surface area contributed by atoms with Crippen LogP contribution in [0.3, 0.4) is 0 Å². The zero-order valence-electron chi connectivity index (χ0n) is 14.9. The number of nitrogens with zero attached hydrogens (tertiary/aromatic N) is 1. The van der Waals surface area contributed by atoms with Crippen LogP contribution in [-0.2, 0) is 14.4 Å². The first kappa shape index (κ1) is 18.3. The number of hydrazine groups is 1. The standard InChI is InChI=1S/C18H24N4O4/c1-2-26-14-7-5-13(6-8-14)22-16(23)10-15(18(22)25)21-9-3-4-12(11-21)17(24)20-19/h5-8,12,15H,2-4,9-11,19H2,1H3,(H,20,24)/p+1/t12-,15-/m0/s1. The van der Waals surface area contributed by atoms with E-state index in [0.29, 0.717) is 24.6 Å². The largest absolute Gasteiger partial charge is 0.494 e. The summed E-state index contributed by atoms with van der Waals surface area (Å²) in [5, 5.41) is 0. The predicted molar refractivity (Wildman–Crippen MR) is 94.3 cm³/mol. The van der Waals surface area contributed by atoms with Crippen molar-refractivity contribution in [2.24, 2.45) is 11.8 Å². The maximum Gasteiger partial charge on any atom is 0.292 e. The molecule has 1 unspecified atom stereocenters. The van der Waals surface area contributed by atoms with Crippen LogP contribution in [0.4, 0.5) is 5.69 Å². The molecule has 1 aromatic rings. The molecule has 3 rings (SSSR count). The van der Waals surface area contributed by atoms with Crippen LogP contribution in [0.5, 0.6) is 5.75 Å². The van der Waals surface area contributed by atoms with Gasteiger partial charge in [0.1, 0.15) is 5.75 Å². The molecule has 0 bridgehead atoms. The van der Waals surface area contributed by atoms with E-state index in [9.17, 15) is 14.4 Å². The molecular formula is C18H25N4O4+. The fraction of sp³-hybridized carbons (Fsp3) is 0.500. The highest BCUT2D eigenvalue weighted by molar-refractivity contribution is 6.21. The first-order valence-corrected chi connectivity index (χ1v) is 8.99. The lowest BCUT2D eigenvalue weighted by atomic mass is 9.95. The van der Waals surface area contributed by atoms with Gasteiger partial charge in [-0.05, 0) is 44.0 Å². The lowest BCUT2D eigenvalue weighted by Gasteiger charge is -2.31. The van der Waals surface area contributed by atoms with Gasteiger partial charge >= 0.3 is 0 Å². The Labute approximate surface area is 152 Å². The minimum atomic E-state index is -0.442. The van der Waals surface area contributed by atoms with Gasteiger partial charge in [-0.1, -0.05) is 0 Å². The van der Waals surface area contributed by atoms with Gasteiger partial charge in [-0.15, -0.1) is 0 Å². The van der Waals surface area contributed by atoms with E-state index >= 15 is 0 Å². The van der Waals surface area contributed by atoms with Gasteiger partial charge in [0.05, 0.1) is 37.7 Å². The molecule has 2 heterocycles. The molecule has 3 amide bonds. The maximum absolute atomic E-state index is 12.9. The summed E-state index contributed by atoms with van der Waals surface area (Å²) in [5.74, 6) is 5.10. The van der Waals surface area contributed by atoms with Crippen molar-refractivity contribution in [2.45, 2.75) is 32.2 Å². The number of likely N-dealkylation sites (tertiary alicyclic amines) is 1. The number of imide groups is 1. The van der Waals surface area contributed by atoms with Crippen molar-refractivity contribution < 1.29 is 24.0 Å². The quantitative estimate of drug-likeness (QED) is 0.270. The number of benzene rings is 1. The molecular weight excluding hydrogens is 336 g/mol. The van der Waals surface area contributed by atoms with Crippen LogP contribution in [0.1, 0.15) is 26.2 Å². The second kappa shape index (κ2) is 7.84. The Morgan fingerprint density at radius 3 is 2.73 bits per heavy atom. The molecule has 0 aliphatic carbocycles. The molecule has 8 nitrogen and oxygen atoms in total. The average Bonchev–Trinajstić information content (AvgIpc) is 2.96. The van der Waals surface area contributed by atoms with E-state index < -0.39 is 6.04 Å². The molecule has 2 aliphatic heterocycles. The second-order valence-electron chi connectivity index (χ2n) is 6.71. The van der Waals surface area contributed by atoms with Crippen molar-refractivity contribution in [3.8, 4) is 5.75 Å². The molecule has 0 saturated carbocycles. The van der Waals surface area contributed by atoms with E-state index in [4.69, 9.17) is 10.6 Å². The molecule has 0 aromatic heterocycles. The molecule has 0 radical (unpaired) electrons. The van der Waals surface area contributed by atoms with Crippen LogP contribution < -0.4 is 25.8 Å². The zero-order valence-corrected chi connectivity index (χ0v) is 14.9. The van der Waals surface area contributed by atoms with Gasteiger partial charge in [-0.25, -0.2) is 10.7 Å². The van der Waals surface area contributed by atoms with E-state index in [1.54, 1.807) is 24.3 Å². The smallest absolute Gasteiger partial charge is 0.292 e. The number of anilines is 1. The molecule has 2 fully saturated rings. The highest BCUT2D eigenvalue weighted by atomic mass is 16.5. The highest BCUT2D eigenvalue weighted by Gasteiger charge is 2.47. The van der Waals surface area contributed by atoms with E-state index in [2.05, 4.69) is 5.43 Å². The second-order valence-corrected chi connectivity index (χ2v) is 6.71. The Hall–Kier alpha value is -2.45. The highest BCUT2D eigenvalue weighted by Crippen LogP contribution is 2.25. The number of piperidine rings is 1. The zero-order chi connectivity index (χ0) is 18.7. The number of carbonyl (C=O) groups is 3. The van der Waals surface area contributed by atoms with Crippen LogP contribution in [0.2, 0.25) is 0 Å². The Morgan fingerprint density at radius 2 is 2.08 bits per heavy atom. The van der Waals surface area contributed by atoms with Gasteiger partial charge in [0.2, 0.25) is 11.8 Å². The predicted octanol–water partition coefficient (Wildman–Crippen LogP) is -0.998. The summed E-state index contributed by atoms with van der Waals surface area (Å²) < 4.78 is 5.40. The van der Waals surface area contributed by atoms with Crippen molar-refractivity contribution in [1.29, 1.82) is 0 Å². The van der Waals surface area contributed by atoms with Crippen LogP contribution in [0.15, 0.2) is 24.3 Å². The van der Waals surface area contributed by atoms with Gasteiger partial charge in [-0.3, -0.25) is 19.8 Å². The van der Waals surface area contributed by atoms with E-state index in [-0.39, 0.29) is 30.1 Å². The first-order chi connectivity index (χ1) is 12.5. The molecule has 2 saturated heterocycles. The Bertz CT molecular complexity index is 691. The average molecular weight is 361 g/mol. The van der Waals surface area contributed by atoms with Crippen molar-refractivity contribution >= 4 is 23.4 Å². The fourth-order valence-corrected chi connectivity index (χ4v) is 3.83. The summed E-state index contributed by atoms with van der Waals surface area (Å²) in [4.78, 5) is 39.4. The van der Waals surface area contributed by atoms with Crippen molar-refractivity contribution in [2.75, 3.05) is 24.6 Å². The molecule has 0 spiro atoms. The number of hydrogen-bond acceptors (Lipinski definition) is 5. The Balaban J connectivity index is 1.73. The molecule has 8 heteroatoms.